The molecule has 0 saturated carbocycles. The van der Waals surface area contributed by atoms with E-state index in [-0.39, 0.29) is 18.1 Å². The van der Waals surface area contributed by atoms with E-state index in [0.717, 1.165) is 25.1 Å². The van der Waals surface area contributed by atoms with Gasteiger partial charge in [0, 0.05) is 25.7 Å². The Morgan fingerprint density at radius 2 is 1.87 bits per heavy atom. The molecule has 0 bridgehead atoms. The van der Waals surface area contributed by atoms with Crippen LogP contribution in [0, 0.1) is 11.6 Å². The first-order valence-electron chi connectivity index (χ1n) is 10.0. The van der Waals surface area contributed by atoms with E-state index in [1.54, 1.807) is 0 Å². The van der Waals surface area contributed by atoms with E-state index in [9.17, 15) is 18.4 Å². The second kappa shape index (κ2) is 10.8. The summed E-state index contributed by atoms with van der Waals surface area (Å²) in [6.07, 6.45) is 2.08. The molecule has 0 atom stereocenters. The summed E-state index contributed by atoms with van der Waals surface area (Å²) in [7, 11) is 3.42. The summed E-state index contributed by atoms with van der Waals surface area (Å²) in [4.78, 5) is 30.5. The number of nitrogens with zero attached hydrogens (tertiary/aromatic N) is 3. The van der Waals surface area contributed by atoms with Crippen LogP contribution in [0.1, 0.15) is 42.9 Å². The zero-order valence-corrected chi connectivity index (χ0v) is 17.9. The zero-order valence-electron chi connectivity index (χ0n) is 17.9. The lowest BCUT2D eigenvalue weighted by Crippen LogP contribution is -2.36. The number of amides is 2. The van der Waals surface area contributed by atoms with Gasteiger partial charge in [0.1, 0.15) is 5.82 Å². The van der Waals surface area contributed by atoms with Crippen LogP contribution in [0.15, 0.2) is 18.2 Å². The maximum atomic E-state index is 13.7. The Labute approximate surface area is 175 Å². The van der Waals surface area contributed by atoms with Crippen LogP contribution in [-0.2, 0) is 17.9 Å². The first-order valence-corrected chi connectivity index (χ1v) is 10.0. The van der Waals surface area contributed by atoms with E-state index in [4.69, 9.17) is 0 Å². The number of nitrogens with one attached hydrogen (secondary N) is 2. The van der Waals surface area contributed by atoms with Crippen molar-refractivity contribution in [2.24, 2.45) is 0 Å². The average Bonchev–Trinajstić information content (AvgIpc) is 2.95. The SMILES string of the molecule is CCC.CNC(=O)CNC(=O)c1nc(-c2ccc(F)c(F)c2)n2c1CN(C)CCC2. The lowest BCUT2D eigenvalue weighted by molar-refractivity contribution is -0.119. The van der Waals surface area contributed by atoms with Gasteiger partial charge in [0.15, 0.2) is 17.3 Å². The summed E-state index contributed by atoms with van der Waals surface area (Å²) in [5, 5.41) is 4.97. The van der Waals surface area contributed by atoms with E-state index < -0.39 is 17.5 Å². The fraction of sp³-hybridized carbons (Fsp3) is 0.476. The van der Waals surface area contributed by atoms with Gasteiger partial charge < -0.3 is 20.1 Å². The van der Waals surface area contributed by atoms with Crippen molar-refractivity contribution in [2.45, 2.75) is 39.8 Å². The molecular formula is C21H29F2N5O2. The van der Waals surface area contributed by atoms with Crippen LogP contribution in [0.5, 0.6) is 0 Å². The zero-order chi connectivity index (χ0) is 22.3. The van der Waals surface area contributed by atoms with Crippen molar-refractivity contribution >= 4 is 11.8 Å². The van der Waals surface area contributed by atoms with Crippen molar-refractivity contribution in [3.63, 3.8) is 0 Å². The number of carbonyl (C=O) groups is 2. The minimum atomic E-state index is -0.971. The molecule has 0 saturated heterocycles. The number of aromatic nitrogens is 2. The van der Waals surface area contributed by atoms with Crippen LogP contribution in [0.2, 0.25) is 0 Å². The predicted octanol–water partition coefficient (Wildman–Crippen LogP) is 2.56. The fourth-order valence-electron chi connectivity index (χ4n) is 3.09. The molecule has 164 valence electrons. The van der Waals surface area contributed by atoms with Gasteiger partial charge in [-0.15, -0.1) is 0 Å². The molecule has 2 amide bonds. The molecule has 0 unspecified atom stereocenters. The number of imidazole rings is 1. The normalized spacial score (nSPS) is 13.5. The Morgan fingerprint density at radius 3 is 2.50 bits per heavy atom. The van der Waals surface area contributed by atoms with Gasteiger partial charge in [-0.25, -0.2) is 13.8 Å². The molecule has 3 rings (SSSR count). The second-order valence-electron chi connectivity index (χ2n) is 7.17. The Hall–Kier alpha value is -2.81. The minimum Gasteiger partial charge on any atom is -0.358 e. The number of hydrogen-bond donors (Lipinski definition) is 2. The van der Waals surface area contributed by atoms with Gasteiger partial charge in [-0.1, -0.05) is 20.3 Å². The molecule has 2 aromatic rings. The second-order valence-corrected chi connectivity index (χ2v) is 7.17. The fourth-order valence-corrected chi connectivity index (χ4v) is 3.09. The first-order chi connectivity index (χ1) is 14.3. The number of fused-ring (bicyclic) bond motifs is 1. The van der Waals surface area contributed by atoms with Crippen molar-refractivity contribution in [1.82, 2.24) is 25.1 Å². The molecule has 1 aromatic heterocycles. The quantitative estimate of drug-likeness (QED) is 0.795. The molecule has 9 heteroatoms. The maximum absolute atomic E-state index is 13.7. The van der Waals surface area contributed by atoms with E-state index >= 15 is 0 Å². The maximum Gasteiger partial charge on any atom is 0.272 e. The molecule has 0 aliphatic carbocycles. The minimum absolute atomic E-state index is 0.169. The Balaban J connectivity index is 0.00000101. The average molecular weight is 421 g/mol. The third-order valence-corrected chi connectivity index (χ3v) is 4.49. The molecule has 1 aliphatic heterocycles. The largest absolute Gasteiger partial charge is 0.358 e. The van der Waals surface area contributed by atoms with Gasteiger partial charge in [-0.05, 0) is 38.2 Å². The molecule has 1 aliphatic rings. The van der Waals surface area contributed by atoms with E-state index in [2.05, 4.69) is 34.4 Å². The van der Waals surface area contributed by atoms with Gasteiger partial charge in [-0.3, -0.25) is 9.59 Å². The molecule has 30 heavy (non-hydrogen) atoms. The Kier molecular flexibility index (Phi) is 8.46. The van der Waals surface area contributed by atoms with Crippen molar-refractivity contribution in [3.8, 4) is 11.4 Å². The van der Waals surface area contributed by atoms with Gasteiger partial charge in [0.25, 0.3) is 5.91 Å². The number of halogens is 2. The highest BCUT2D eigenvalue weighted by atomic mass is 19.2. The third-order valence-electron chi connectivity index (χ3n) is 4.49. The van der Waals surface area contributed by atoms with Crippen LogP contribution in [0.25, 0.3) is 11.4 Å². The standard InChI is InChI=1S/C18H21F2N5O2.C3H8/c1-21-15(26)9-22-18(27)16-14-10-24(2)6-3-7-25(14)17(23-16)11-4-5-12(19)13(20)8-11;1-3-2/h4-5,8H,3,6-7,9-10H2,1-2H3,(H,21,26)(H,22,27);3H2,1-2H3. The van der Waals surface area contributed by atoms with Crippen molar-refractivity contribution < 1.29 is 18.4 Å². The van der Waals surface area contributed by atoms with Crippen LogP contribution in [-0.4, -0.2) is 53.5 Å². The van der Waals surface area contributed by atoms with Crippen LogP contribution >= 0.6 is 0 Å². The smallest absolute Gasteiger partial charge is 0.272 e. The molecule has 0 spiro atoms. The molecule has 2 N–H and O–H groups in total. The highest BCUT2D eigenvalue weighted by Crippen LogP contribution is 2.27. The molecule has 0 radical (unpaired) electrons. The topological polar surface area (TPSA) is 79.3 Å². The van der Waals surface area contributed by atoms with Crippen molar-refractivity contribution in [3.05, 3.63) is 41.2 Å². The number of rotatable bonds is 4. The monoisotopic (exact) mass is 421 g/mol. The van der Waals surface area contributed by atoms with Crippen LogP contribution < -0.4 is 10.6 Å². The molecule has 7 nitrogen and oxygen atoms in total. The number of carbonyl (C=O) groups excluding carboxylic acids is 2. The van der Waals surface area contributed by atoms with Crippen molar-refractivity contribution in [1.29, 1.82) is 0 Å². The first kappa shape index (κ1) is 23.5. The molecule has 2 heterocycles. The van der Waals surface area contributed by atoms with E-state index in [1.165, 1.54) is 19.5 Å². The van der Waals surface area contributed by atoms with Crippen molar-refractivity contribution in [2.75, 3.05) is 27.2 Å². The van der Waals surface area contributed by atoms with Gasteiger partial charge >= 0.3 is 0 Å². The highest BCUT2D eigenvalue weighted by molar-refractivity contribution is 5.96. The van der Waals surface area contributed by atoms with E-state index in [0.29, 0.717) is 30.2 Å². The molecule has 1 aromatic carbocycles. The lowest BCUT2D eigenvalue weighted by Gasteiger charge is -2.13. The molecular weight excluding hydrogens is 392 g/mol. The van der Waals surface area contributed by atoms with Gasteiger partial charge in [0.2, 0.25) is 5.91 Å². The summed E-state index contributed by atoms with van der Waals surface area (Å²) >= 11 is 0. The summed E-state index contributed by atoms with van der Waals surface area (Å²) < 4.78 is 28.9. The van der Waals surface area contributed by atoms with Gasteiger partial charge in [0.05, 0.1) is 12.2 Å². The highest BCUT2D eigenvalue weighted by Gasteiger charge is 2.26. The number of hydrogen-bond acceptors (Lipinski definition) is 4. The third kappa shape index (κ3) is 5.63. The van der Waals surface area contributed by atoms with Gasteiger partial charge in [-0.2, -0.15) is 0 Å². The van der Waals surface area contributed by atoms with Crippen LogP contribution in [0.4, 0.5) is 8.78 Å². The Bertz CT molecular complexity index is 898. The summed E-state index contributed by atoms with van der Waals surface area (Å²) in [5.74, 6) is -2.31. The Morgan fingerprint density at radius 1 is 1.17 bits per heavy atom. The van der Waals surface area contributed by atoms with Crippen LogP contribution in [0.3, 0.4) is 0 Å². The van der Waals surface area contributed by atoms with E-state index in [1.807, 2.05) is 11.6 Å². The summed E-state index contributed by atoms with van der Waals surface area (Å²) in [5.41, 5.74) is 1.27. The summed E-state index contributed by atoms with van der Waals surface area (Å²) in [6.45, 7) is 6.00. The summed E-state index contributed by atoms with van der Waals surface area (Å²) in [6, 6.07) is 3.56. The lowest BCUT2D eigenvalue weighted by atomic mass is 10.2. The number of likely N-dealkylation sites (N-methyl/N-ethyl adjacent to an activating group) is 1. The number of benzene rings is 1. The predicted molar refractivity (Wildman–Crippen MR) is 111 cm³/mol. The molecule has 0 fully saturated rings.